The van der Waals surface area contributed by atoms with E-state index < -0.39 is 0 Å². The van der Waals surface area contributed by atoms with Crippen molar-refractivity contribution in [2.75, 3.05) is 7.11 Å². The van der Waals surface area contributed by atoms with Gasteiger partial charge in [0.25, 0.3) is 0 Å². The van der Waals surface area contributed by atoms with Crippen LogP contribution in [-0.4, -0.2) is 13.1 Å². The second kappa shape index (κ2) is 5.12. The highest BCUT2D eigenvalue weighted by Gasteiger charge is 2.16. The van der Waals surface area contributed by atoms with Crippen LogP contribution < -0.4 is 0 Å². The summed E-state index contributed by atoms with van der Waals surface area (Å²) >= 11 is 6.88. The monoisotopic (exact) mass is 334 g/mol. The average Bonchev–Trinajstić information content (AvgIpc) is 2.24. The van der Waals surface area contributed by atoms with Crippen molar-refractivity contribution in [2.45, 2.75) is 19.2 Å². The molecule has 0 amide bonds. The zero-order valence-corrected chi connectivity index (χ0v) is 12.0. The normalized spacial score (nSPS) is 10.2. The van der Waals surface area contributed by atoms with Gasteiger partial charge >= 0.3 is 5.97 Å². The molecule has 15 heavy (non-hydrogen) atoms. The molecule has 0 heterocycles. The summed E-state index contributed by atoms with van der Waals surface area (Å²) in [5.74, 6) is -0.298. The molecule has 0 fully saturated rings. The highest BCUT2D eigenvalue weighted by molar-refractivity contribution is 9.10. The largest absolute Gasteiger partial charge is 0.465 e. The van der Waals surface area contributed by atoms with E-state index in [0.717, 1.165) is 21.2 Å². The van der Waals surface area contributed by atoms with Crippen LogP contribution >= 0.6 is 31.9 Å². The van der Waals surface area contributed by atoms with E-state index in [9.17, 15) is 4.79 Å². The third-order valence-corrected chi connectivity index (χ3v) is 4.04. The summed E-state index contributed by atoms with van der Waals surface area (Å²) in [6.07, 6.45) is 0. The summed E-state index contributed by atoms with van der Waals surface area (Å²) in [7, 11) is 1.39. The van der Waals surface area contributed by atoms with E-state index in [-0.39, 0.29) is 5.97 Å². The summed E-state index contributed by atoms with van der Waals surface area (Å²) in [5.41, 5.74) is 3.78. The maximum absolute atomic E-state index is 11.5. The molecule has 0 radical (unpaired) electrons. The summed E-state index contributed by atoms with van der Waals surface area (Å²) < 4.78 is 5.72. The summed E-state index contributed by atoms with van der Waals surface area (Å²) in [5, 5.41) is 0.624. The average molecular weight is 336 g/mol. The number of carbonyl (C=O) groups excluding carboxylic acids is 1. The minimum absolute atomic E-state index is 0.298. The molecule has 0 aromatic heterocycles. The molecular formula is C11H12Br2O2. The van der Waals surface area contributed by atoms with E-state index in [4.69, 9.17) is 4.74 Å². The van der Waals surface area contributed by atoms with Crippen LogP contribution in [-0.2, 0) is 10.1 Å². The van der Waals surface area contributed by atoms with Gasteiger partial charge in [0.1, 0.15) is 0 Å². The highest BCUT2D eigenvalue weighted by atomic mass is 79.9. The molecule has 0 aliphatic carbocycles. The quantitative estimate of drug-likeness (QED) is 0.607. The van der Waals surface area contributed by atoms with Gasteiger partial charge in [-0.3, -0.25) is 0 Å². The molecule has 0 unspecified atom stereocenters. The van der Waals surface area contributed by atoms with E-state index in [1.54, 1.807) is 0 Å². The number of rotatable bonds is 2. The number of esters is 1. The smallest absolute Gasteiger partial charge is 0.338 e. The second-order valence-electron chi connectivity index (χ2n) is 3.28. The standard InChI is InChI=1S/C11H12Br2O2/c1-6-4-8(11(14)15-3)9(5-12)10(13)7(6)2/h4H,5H2,1-3H3. The zero-order valence-electron chi connectivity index (χ0n) is 8.86. The van der Waals surface area contributed by atoms with Gasteiger partial charge in [-0.2, -0.15) is 0 Å². The first-order valence-electron chi connectivity index (χ1n) is 4.45. The lowest BCUT2D eigenvalue weighted by Crippen LogP contribution is -2.07. The lowest BCUT2D eigenvalue weighted by atomic mass is 10.0. The van der Waals surface area contributed by atoms with Gasteiger partial charge < -0.3 is 4.74 Å². The number of ether oxygens (including phenoxy) is 1. The van der Waals surface area contributed by atoms with Gasteiger partial charge in [-0.25, -0.2) is 4.79 Å². The molecule has 2 nitrogen and oxygen atoms in total. The van der Waals surface area contributed by atoms with Crippen LogP contribution in [0.25, 0.3) is 0 Å². The molecule has 4 heteroatoms. The van der Waals surface area contributed by atoms with Crippen molar-refractivity contribution in [3.63, 3.8) is 0 Å². The topological polar surface area (TPSA) is 26.3 Å². The van der Waals surface area contributed by atoms with Gasteiger partial charge in [-0.15, -0.1) is 0 Å². The molecule has 0 bridgehead atoms. The lowest BCUT2D eigenvalue weighted by Gasteiger charge is -2.12. The Morgan fingerprint density at radius 1 is 1.47 bits per heavy atom. The maximum atomic E-state index is 11.5. The van der Waals surface area contributed by atoms with Crippen LogP contribution in [0, 0.1) is 13.8 Å². The number of benzene rings is 1. The Kier molecular flexibility index (Phi) is 4.34. The first kappa shape index (κ1) is 12.7. The van der Waals surface area contributed by atoms with E-state index in [2.05, 4.69) is 31.9 Å². The molecule has 1 aromatic rings. The molecule has 1 rings (SSSR count). The predicted molar refractivity (Wildman–Crippen MR) is 67.6 cm³/mol. The third-order valence-electron chi connectivity index (χ3n) is 2.41. The molecule has 1 aromatic carbocycles. The first-order valence-corrected chi connectivity index (χ1v) is 6.37. The minimum atomic E-state index is -0.298. The first-order chi connectivity index (χ1) is 7.02. The van der Waals surface area contributed by atoms with E-state index >= 15 is 0 Å². The number of carbonyl (C=O) groups is 1. The Balaban J connectivity index is 3.45. The van der Waals surface area contributed by atoms with Crippen molar-refractivity contribution in [3.05, 3.63) is 32.8 Å². The third kappa shape index (κ3) is 2.42. The molecule has 0 saturated heterocycles. The zero-order chi connectivity index (χ0) is 11.6. The van der Waals surface area contributed by atoms with Gasteiger partial charge in [0.2, 0.25) is 0 Å². The van der Waals surface area contributed by atoms with Crippen LogP contribution in [0.5, 0.6) is 0 Å². The number of hydrogen-bond acceptors (Lipinski definition) is 2. The predicted octanol–water partition coefficient (Wildman–Crippen LogP) is 3.75. The van der Waals surface area contributed by atoms with Crippen LogP contribution in [0.3, 0.4) is 0 Å². The van der Waals surface area contributed by atoms with Gasteiger partial charge in [0.05, 0.1) is 12.7 Å². The van der Waals surface area contributed by atoms with Gasteiger partial charge in [-0.1, -0.05) is 31.9 Å². The number of methoxy groups -OCH3 is 1. The Morgan fingerprint density at radius 3 is 2.53 bits per heavy atom. The molecule has 0 aliphatic heterocycles. The van der Waals surface area contributed by atoms with Gasteiger partial charge in [-0.05, 0) is 36.6 Å². The second-order valence-corrected chi connectivity index (χ2v) is 4.64. The fraction of sp³-hybridized carbons (Fsp3) is 0.364. The van der Waals surface area contributed by atoms with Crippen molar-refractivity contribution in [2.24, 2.45) is 0 Å². The van der Waals surface area contributed by atoms with Crippen molar-refractivity contribution in [1.29, 1.82) is 0 Å². The Bertz CT molecular complexity index is 400. The fourth-order valence-corrected chi connectivity index (χ4v) is 2.98. The SMILES string of the molecule is COC(=O)c1cc(C)c(C)c(Br)c1CBr. The van der Waals surface area contributed by atoms with E-state index in [0.29, 0.717) is 10.9 Å². The Hall–Kier alpha value is -0.350. The minimum Gasteiger partial charge on any atom is -0.465 e. The summed E-state index contributed by atoms with van der Waals surface area (Å²) in [6, 6.07) is 1.86. The van der Waals surface area contributed by atoms with Crippen LogP contribution in [0.1, 0.15) is 27.0 Å². The van der Waals surface area contributed by atoms with Crippen LogP contribution in [0.4, 0.5) is 0 Å². The molecular weight excluding hydrogens is 324 g/mol. The lowest BCUT2D eigenvalue weighted by molar-refractivity contribution is 0.0599. The van der Waals surface area contributed by atoms with Crippen molar-refractivity contribution in [1.82, 2.24) is 0 Å². The highest BCUT2D eigenvalue weighted by Crippen LogP contribution is 2.29. The number of aryl methyl sites for hydroxylation is 1. The van der Waals surface area contributed by atoms with Crippen molar-refractivity contribution < 1.29 is 9.53 Å². The number of hydrogen-bond donors (Lipinski definition) is 0. The molecule has 82 valence electrons. The van der Waals surface area contributed by atoms with Gasteiger partial charge in [0, 0.05) is 9.80 Å². The maximum Gasteiger partial charge on any atom is 0.338 e. The van der Waals surface area contributed by atoms with E-state index in [1.165, 1.54) is 7.11 Å². The van der Waals surface area contributed by atoms with E-state index in [1.807, 2.05) is 19.9 Å². The fourth-order valence-electron chi connectivity index (χ4n) is 1.35. The van der Waals surface area contributed by atoms with Gasteiger partial charge in [0.15, 0.2) is 0 Å². The molecule has 0 saturated carbocycles. The Morgan fingerprint density at radius 2 is 2.07 bits per heavy atom. The molecule has 0 aliphatic rings. The van der Waals surface area contributed by atoms with Crippen molar-refractivity contribution in [3.8, 4) is 0 Å². The summed E-state index contributed by atoms with van der Waals surface area (Å²) in [6.45, 7) is 4.00. The molecule has 0 spiro atoms. The molecule has 0 atom stereocenters. The van der Waals surface area contributed by atoms with Crippen LogP contribution in [0.15, 0.2) is 10.5 Å². The number of halogens is 2. The van der Waals surface area contributed by atoms with Crippen LogP contribution in [0.2, 0.25) is 0 Å². The summed E-state index contributed by atoms with van der Waals surface area (Å²) in [4.78, 5) is 11.5. The Labute approximate surface area is 106 Å². The molecule has 0 N–H and O–H groups in total. The number of alkyl halides is 1. The van der Waals surface area contributed by atoms with Crippen molar-refractivity contribution >= 4 is 37.8 Å².